The van der Waals surface area contributed by atoms with Crippen molar-refractivity contribution < 1.29 is 4.79 Å². The summed E-state index contributed by atoms with van der Waals surface area (Å²) in [6.07, 6.45) is 1.66. The molecule has 1 heterocycles. The molecule has 0 saturated heterocycles. The molecule has 1 amide bonds. The summed E-state index contributed by atoms with van der Waals surface area (Å²) < 4.78 is 2.66. The predicted molar refractivity (Wildman–Crippen MR) is 84.6 cm³/mol. The van der Waals surface area contributed by atoms with Crippen LogP contribution in [0.5, 0.6) is 0 Å². The zero-order valence-electron chi connectivity index (χ0n) is 8.21. The van der Waals surface area contributed by atoms with E-state index in [1.807, 2.05) is 18.2 Å². The minimum atomic E-state index is -0.169. The predicted octanol–water partition coefficient (Wildman–Crippen LogP) is 4.53. The van der Waals surface area contributed by atoms with Gasteiger partial charge in [0.15, 0.2) is 5.13 Å². The molecule has 3 nitrogen and oxygen atoms in total. The fourth-order valence-electron chi connectivity index (χ4n) is 1.15. The molecule has 0 saturated carbocycles. The van der Waals surface area contributed by atoms with Crippen molar-refractivity contribution in [2.75, 3.05) is 5.32 Å². The van der Waals surface area contributed by atoms with Gasteiger partial charge >= 0.3 is 0 Å². The number of nitrogens with one attached hydrogen (secondary N) is 1. The van der Waals surface area contributed by atoms with E-state index in [9.17, 15) is 4.79 Å². The molecule has 17 heavy (non-hydrogen) atoms. The van der Waals surface area contributed by atoms with Gasteiger partial charge in [0.05, 0.1) is 15.5 Å². The molecule has 0 fully saturated rings. The van der Waals surface area contributed by atoms with E-state index >= 15 is 0 Å². The lowest BCUT2D eigenvalue weighted by molar-refractivity contribution is 0.102. The molecule has 2 aromatic rings. The second-order valence-corrected chi connectivity index (χ2v) is 7.56. The number of nitrogens with zero attached hydrogens (tertiary/aromatic N) is 1. The van der Waals surface area contributed by atoms with Crippen LogP contribution in [0, 0.1) is 3.57 Å². The highest BCUT2D eigenvalue weighted by Crippen LogP contribution is 2.25. The van der Waals surface area contributed by atoms with Gasteiger partial charge in [-0.25, -0.2) is 4.98 Å². The Kier molecular flexibility index (Phi) is 4.56. The molecular weight excluding hydrogens is 483 g/mol. The van der Waals surface area contributed by atoms with Gasteiger partial charge in [0, 0.05) is 8.04 Å². The van der Waals surface area contributed by atoms with Gasteiger partial charge in [-0.1, -0.05) is 11.3 Å². The molecule has 2 rings (SSSR count). The number of hydrogen-bond donors (Lipinski definition) is 1. The Balaban J connectivity index is 2.22. The quantitative estimate of drug-likeness (QED) is 0.633. The average molecular weight is 488 g/mol. The normalized spacial score (nSPS) is 10.3. The van der Waals surface area contributed by atoms with Crippen LogP contribution in [0.4, 0.5) is 5.13 Å². The van der Waals surface area contributed by atoms with E-state index in [1.165, 1.54) is 11.3 Å². The highest BCUT2D eigenvalue weighted by atomic mass is 127. The molecule has 0 bridgehead atoms. The molecule has 0 atom stereocenters. The van der Waals surface area contributed by atoms with E-state index in [2.05, 4.69) is 64.8 Å². The van der Waals surface area contributed by atoms with Crippen LogP contribution < -0.4 is 5.32 Å². The summed E-state index contributed by atoms with van der Waals surface area (Å²) in [4.78, 5) is 16.1. The number of thiazole rings is 1. The van der Waals surface area contributed by atoms with Gasteiger partial charge < -0.3 is 0 Å². The first kappa shape index (κ1) is 13.4. The maximum Gasteiger partial charge on any atom is 0.258 e. The summed E-state index contributed by atoms with van der Waals surface area (Å²) in [5.41, 5.74) is 0.600. The van der Waals surface area contributed by atoms with Gasteiger partial charge in [0.25, 0.3) is 5.91 Å². The van der Waals surface area contributed by atoms with Crippen LogP contribution in [0.1, 0.15) is 10.4 Å². The zero-order valence-corrected chi connectivity index (χ0v) is 14.4. The van der Waals surface area contributed by atoms with Crippen molar-refractivity contribution in [1.29, 1.82) is 0 Å². The lowest BCUT2D eigenvalue weighted by Gasteiger charge is -2.04. The highest BCUT2D eigenvalue weighted by Gasteiger charge is 2.12. The Morgan fingerprint density at radius 3 is 2.82 bits per heavy atom. The van der Waals surface area contributed by atoms with E-state index in [0.717, 1.165) is 11.8 Å². The van der Waals surface area contributed by atoms with E-state index in [0.29, 0.717) is 10.7 Å². The summed E-state index contributed by atoms with van der Waals surface area (Å²) in [7, 11) is 0. The molecule has 1 N–H and O–H groups in total. The molecule has 0 aliphatic heterocycles. The lowest BCUT2D eigenvalue weighted by Crippen LogP contribution is -2.12. The van der Waals surface area contributed by atoms with Crippen molar-refractivity contribution in [3.8, 4) is 0 Å². The largest absolute Gasteiger partial charge is 0.298 e. The topological polar surface area (TPSA) is 42.0 Å². The number of anilines is 1. The summed E-state index contributed by atoms with van der Waals surface area (Å²) in [6.45, 7) is 0. The van der Waals surface area contributed by atoms with Crippen LogP contribution in [0.25, 0.3) is 0 Å². The first-order chi connectivity index (χ1) is 8.06. The van der Waals surface area contributed by atoms with Gasteiger partial charge in [-0.05, 0) is 72.6 Å². The summed E-state index contributed by atoms with van der Waals surface area (Å²) in [5.74, 6) is -0.169. The molecule has 88 valence electrons. The molecular formula is C10H5Br2IN2OS. The molecule has 1 aromatic carbocycles. The smallest absolute Gasteiger partial charge is 0.258 e. The molecule has 0 unspecified atom stereocenters. The number of halogens is 3. The van der Waals surface area contributed by atoms with Crippen LogP contribution in [0.2, 0.25) is 0 Å². The molecule has 0 spiro atoms. The number of aromatic nitrogens is 1. The van der Waals surface area contributed by atoms with Crippen LogP contribution in [0.15, 0.2) is 32.7 Å². The van der Waals surface area contributed by atoms with Crippen molar-refractivity contribution in [1.82, 2.24) is 4.98 Å². The maximum atomic E-state index is 12.0. The Morgan fingerprint density at radius 2 is 2.18 bits per heavy atom. The first-order valence-corrected chi connectivity index (χ1v) is 7.92. The highest BCUT2D eigenvalue weighted by molar-refractivity contribution is 14.1. The van der Waals surface area contributed by atoms with Crippen molar-refractivity contribution in [2.24, 2.45) is 0 Å². The van der Waals surface area contributed by atoms with E-state index < -0.39 is 0 Å². The van der Waals surface area contributed by atoms with Crippen LogP contribution >= 0.6 is 65.8 Å². The Labute approximate surface area is 132 Å². The van der Waals surface area contributed by atoms with Crippen LogP contribution in [-0.4, -0.2) is 10.9 Å². The zero-order chi connectivity index (χ0) is 12.4. The Bertz CT molecular complexity index is 573. The third-order valence-corrected chi connectivity index (χ3v) is 4.63. The minimum absolute atomic E-state index is 0.169. The number of hydrogen-bond acceptors (Lipinski definition) is 3. The fraction of sp³-hybridized carbons (Fsp3) is 0. The SMILES string of the molecule is O=C(Nc1ncc(Br)s1)c1cc(I)ccc1Br. The average Bonchev–Trinajstić information content (AvgIpc) is 2.67. The van der Waals surface area contributed by atoms with Crippen molar-refractivity contribution in [3.63, 3.8) is 0 Å². The van der Waals surface area contributed by atoms with Crippen LogP contribution in [-0.2, 0) is 0 Å². The molecule has 7 heteroatoms. The summed E-state index contributed by atoms with van der Waals surface area (Å²) in [5, 5.41) is 3.33. The summed E-state index contributed by atoms with van der Waals surface area (Å²) in [6, 6.07) is 5.61. The first-order valence-electron chi connectivity index (χ1n) is 4.44. The maximum absolute atomic E-state index is 12.0. The van der Waals surface area contributed by atoms with Crippen molar-refractivity contribution in [3.05, 3.63) is 41.8 Å². The lowest BCUT2D eigenvalue weighted by atomic mass is 10.2. The fourth-order valence-corrected chi connectivity index (χ4v) is 3.17. The van der Waals surface area contributed by atoms with Gasteiger partial charge in [0.1, 0.15) is 0 Å². The van der Waals surface area contributed by atoms with Crippen molar-refractivity contribution in [2.45, 2.75) is 0 Å². The van der Waals surface area contributed by atoms with Crippen molar-refractivity contribution >= 4 is 76.8 Å². The minimum Gasteiger partial charge on any atom is -0.298 e. The van der Waals surface area contributed by atoms with E-state index in [4.69, 9.17) is 0 Å². The molecule has 0 aliphatic carbocycles. The van der Waals surface area contributed by atoms with Gasteiger partial charge in [-0.2, -0.15) is 0 Å². The Morgan fingerprint density at radius 1 is 1.41 bits per heavy atom. The second kappa shape index (κ2) is 5.77. The standard InChI is InChI=1S/C10H5Br2IN2OS/c11-7-2-1-5(13)3-6(7)9(16)15-10-14-4-8(12)17-10/h1-4H,(H,14,15,16). The van der Waals surface area contributed by atoms with E-state index in [1.54, 1.807) is 6.20 Å². The number of amides is 1. The Hall–Kier alpha value is 0.01000. The summed E-state index contributed by atoms with van der Waals surface area (Å²) >= 11 is 10.2. The molecule has 1 aromatic heterocycles. The van der Waals surface area contributed by atoms with Crippen LogP contribution in [0.3, 0.4) is 0 Å². The third-order valence-electron chi connectivity index (χ3n) is 1.87. The third kappa shape index (κ3) is 3.49. The van der Waals surface area contributed by atoms with Gasteiger partial charge in [-0.3, -0.25) is 10.1 Å². The monoisotopic (exact) mass is 486 g/mol. The molecule has 0 radical (unpaired) electrons. The number of carbonyl (C=O) groups excluding carboxylic acids is 1. The number of carbonyl (C=O) groups is 1. The molecule has 0 aliphatic rings. The van der Waals surface area contributed by atoms with E-state index in [-0.39, 0.29) is 5.91 Å². The second-order valence-electron chi connectivity index (χ2n) is 3.05. The van der Waals surface area contributed by atoms with Gasteiger partial charge in [0.2, 0.25) is 0 Å². The number of rotatable bonds is 2. The van der Waals surface area contributed by atoms with Gasteiger partial charge in [-0.15, -0.1) is 0 Å². The number of benzene rings is 1.